The molecule has 2 aromatic rings. The lowest BCUT2D eigenvalue weighted by Gasteiger charge is -2.11. The van der Waals surface area contributed by atoms with E-state index in [4.69, 9.17) is 14.2 Å². The summed E-state index contributed by atoms with van der Waals surface area (Å²) in [5, 5.41) is 2.68. The van der Waals surface area contributed by atoms with Crippen LogP contribution in [0.4, 0.5) is 5.69 Å². The lowest BCUT2D eigenvalue weighted by Crippen LogP contribution is -2.21. The second-order valence-electron chi connectivity index (χ2n) is 6.46. The fourth-order valence-electron chi connectivity index (χ4n) is 2.70. The van der Waals surface area contributed by atoms with Gasteiger partial charge >= 0.3 is 5.97 Å². The number of amides is 1. The number of carbonyl (C=O) groups excluding carboxylic acids is 2. The molecule has 142 valence electrons. The van der Waals surface area contributed by atoms with E-state index in [0.717, 1.165) is 25.0 Å². The highest BCUT2D eigenvalue weighted by Crippen LogP contribution is 2.17. The van der Waals surface area contributed by atoms with Crippen molar-refractivity contribution >= 4 is 17.6 Å². The van der Waals surface area contributed by atoms with E-state index >= 15 is 0 Å². The molecule has 6 nitrogen and oxygen atoms in total. The van der Waals surface area contributed by atoms with E-state index in [1.807, 2.05) is 19.1 Å². The molecule has 1 fully saturated rings. The third-order valence-electron chi connectivity index (χ3n) is 4.22. The van der Waals surface area contributed by atoms with Crippen LogP contribution in [0.25, 0.3) is 0 Å². The summed E-state index contributed by atoms with van der Waals surface area (Å²) in [6, 6.07) is 14.0. The van der Waals surface area contributed by atoms with Crippen molar-refractivity contribution in [3.05, 3.63) is 59.7 Å². The van der Waals surface area contributed by atoms with Crippen molar-refractivity contribution in [2.75, 3.05) is 25.1 Å². The lowest BCUT2D eigenvalue weighted by molar-refractivity contribution is -0.119. The van der Waals surface area contributed by atoms with Gasteiger partial charge in [-0.3, -0.25) is 4.79 Å². The Morgan fingerprint density at radius 1 is 1.11 bits per heavy atom. The molecule has 1 N–H and O–H groups in total. The highest BCUT2D eigenvalue weighted by atomic mass is 16.5. The van der Waals surface area contributed by atoms with Gasteiger partial charge in [0.15, 0.2) is 6.61 Å². The molecule has 0 bridgehead atoms. The molecule has 0 radical (unpaired) electrons. The summed E-state index contributed by atoms with van der Waals surface area (Å²) in [6.07, 6.45) is 2.22. The SMILES string of the molecule is Cc1ccc(NC(=O)COC(=O)c2ccc(OCC3CCCO3)cc2)cc1. The second kappa shape index (κ2) is 9.19. The molecule has 1 aliphatic heterocycles. The number of anilines is 1. The van der Waals surface area contributed by atoms with Gasteiger partial charge in [-0.25, -0.2) is 4.79 Å². The molecule has 27 heavy (non-hydrogen) atoms. The molecular weight excluding hydrogens is 346 g/mol. The van der Waals surface area contributed by atoms with Crippen LogP contribution in [0.2, 0.25) is 0 Å². The van der Waals surface area contributed by atoms with Gasteiger partial charge in [-0.05, 0) is 56.2 Å². The summed E-state index contributed by atoms with van der Waals surface area (Å²) >= 11 is 0. The monoisotopic (exact) mass is 369 g/mol. The van der Waals surface area contributed by atoms with Crippen LogP contribution in [-0.2, 0) is 14.3 Å². The molecule has 1 aliphatic rings. The maximum absolute atomic E-state index is 12.1. The molecule has 6 heteroatoms. The first-order valence-electron chi connectivity index (χ1n) is 8.98. The first-order valence-corrected chi connectivity index (χ1v) is 8.98. The summed E-state index contributed by atoms with van der Waals surface area (Å²) in [5.74, 6) is -0.275. The molecule has 0 saturated carbocycles. The predicted molar refractivity (Wildman–Crippen MR) is 101 cm³/mol. The van der Waals surface area contributed by atoms with Gasteiger partial charge in [0.2, 0.25) is 0 Å². The topological polar surface area (TPSA) is 73.9 Å². The van der Waals surface area contributed by atoms with Crippen LogP contribution in [0.3, 0.4) is 0 Å². The Morgan fingerprint density at radius 2 is 1.85 bits per heavy atom. The first kappa shape index (κ1) is 18.9. The summed E-state index contributed by atoms with van der Waals surface area (Å²) in [5.41, 5.74) is 2.12. The van der Waals surface area contributed by atoms with E-state index in [1.54, 1.807) is 36.4 Å². The average Bonchev–Trinajstić information content (AvgIpc) is 3.20. The van der Waals surface area contributed by atoms with Crippen LogP contribution in [0.5, 0.6) is 5.75 Å². The Labute approximate surface area is 158 Å². The Morgan fingerprint density at radius 3 is 2.52 bits per heavy atom. The van der Waals surface area contributed by atoms with Crippen molar-refractivity contribution in [2.24, 2.45) is 0 Å². The van der Waals surface area contributed by atoms with Crippen LogP contribution >= 0.6 is 0 Å². The van der Waals surface area contributed by atoms with Gasteiger partial charge in [0.1, 0.15) is 12.4 Å². The van der Waals surface area contributed by atoms with Gasteiger partial charge < -0.3 is 19.5 Å². The number of esters is 1. The minimum Gasteiger partial charge on any atom is -0.491 e. The third-order valence-corrected chi connectivity index (χ3v) is 4.22. The second-order valence-corrected chi connectivity index (χ2v) is 6.46. The van der Waals surface area contributed by atoms with Crippen LogP contribution in [0.15, 0.2) is 48.5 Å². The molecule has 1 unspecified atom stereocenters. The zero-order chi connectivity index (χ0) is 19.1. The zero-order valence-electron chi connectivity index (χ0n) is 15.3. The molecule has 0 aromatic heterocycles. The highest BCUT2D eigenvalue weighted by Gasteiger charge is 2.16. The fourth-order valence-corrected chi connectivity index (χ4v) is 2.70. The first-order chi connectivity index (χ1) is 13.1. The van der Waals surface area contributed by atoms with E-state index in [0.29, 0.717) is 23.6 Å². The largest absolute Gasteiger partial charge is 0.491 e. The van der Waals surface area contributed by atoms with Crippen molar-refractivity contribution in [1.29, 1.82) is 0 Å². The molecule has 1 atom stereocenters. The zero-order valence-corrected chi connectivity index (χ0v) is 15.3. The highest BCUT2D eigenvalue weighted by molar-refractivity contribution is 5.95. The Kier molecular flexibility index (Phi) is 6.44. The summed E-state index contributed by atoms with van der Waals surface area (Å²) < 4.78 is 16.2. The molecule has 1 amide bonds. The molecule has 0 spiro atoms. The van der Waals surface area contributed by atoms with E-state index in [9.17, 15) is 9.59 Å². The van der Waals surface area contributed by atoms with E-state index in [1.165, 1.54) is 0 Å². The molecule has 1 saturated heterocycles. The Balaban J connectivity index is 1.43. The summed E-state index contributed by atoms with van der Waals surface area (Å²) in [4.78, 5) is 23.9. The Bertz CT molecular complexity index is 764. The minimum absolute atomic E-state index is 0.140. The van der Waals surface area contributed by atoms with Gasteiger partial charge in [-0.1, -0.05) is 17.7 Å². The van der Waals surface area contributed by atoms with Crippen molar-refractivity contribution in [1.82, 2.24) is 0 Å². The number of ether oxygens (including phenoxy) is 3. The molecular formula is C21H23NO5. The van der Waals surface area contributed by atoms with E-state index in [-0.39, 0.29) is 18.6 Å². The summed E-state index contributed by atoms with van der Waals surface area (Å²) in [7, 11) is 0. The van der Waals surface area contributed by atoms with E-state index in [2.05, 4.69) is 5.32 Å². The van der Waals surface area contributed by atoms with Gasteiger partial charge in [0, 0.05) is 12.3 Å². The lowest BCUT2D eigenvalue weighted by atomic mass is 10.2. The fraction of sp³-hybridized carbons (Fsp3) is 0.333. The van der Waals surface area contributed by atoms with Gasteiger partial charge in [-0.2, -0.15) is 0 Å². The van der Waals surface area contributed by atoms with Crippen molar-refractivity contribution in [2.45, 2.75) is 25.9 Å². The quantitative estimate of drug-likeness (QED) is 0.758. The Hall–Kier alpha value is -2.86. The maximum Gasteiger partial charge on any atom is 0.338 e. The van der Waals surface area contributed by atoms with Crippen LogP contribution < -0.4 is 10.1 Å². The van der Waals surface area contributed by atoms with Crippen LogP contribution in [-0.4, -0.2) is 37.8 Å². The van der Waals surface area contributed by atoms with Crippen LogP contribution in [0.1, 0.15) is 28.8 Å². The number of nitrogens with one attached hydrogen (secondary N) is 1. The van der Waals surface area contributed by atoms with Crippen molar-refractivity contribution in [3.63, 3.8) is 0 Å². The molecule has 2 aromatic carbocycles. The third kappa shape index (κ3) is 5.82. The molecule has 3 rings (SSSR count). The van der Waals surface area contributed by atoms with Gasteiger partial charge in [0.05, 0.1) is 11.7 Å². The maximum atomic E-state index is 12.1. The summed E-state index contributed by atoms with van der Waals surface area (Å²) in [6.45, 7) is 2.91. The normalized spacial score (nSPS) is 16.0. The number of aryl methyl sites for hydroxylation is 1. The molecule has 1 heterocycles. The number of benzene rings is 2. The van der Waals surface area contributed by atoms with Crippen molar-refractivity contribution in [3.8, 4) is 5.75 Å². The molecule has 0 aliphatic carbocycles. The number of rotatable bonds is 7. The van der Waals surface area contributed by atoms with E-state index < -0.39 is 5.97 Å². The van der Waals surface area contributed by atoms with Gasteiger partial charge in [-0.15, -0.1) is 0 Å². The smallest absolute Gasteiger partial charge is 0.338 e. The number of hydrogen-bond donors (Lipinski definition) is 1. The average molecular weight is 369 g/mol. The predicted octanol–water partition coefficient (Wildman–Crippen LogP) is 3.35. The minimum atomic E-state index is -0.556. The number of carbonyl (C=O) groups is 2. The van der Waals surface area contributed by atoms with Crippen LogP contribution in [0, 0.1) is 6.92 Å². The van der Waals surface area contributed by atoms with Gasteiger partial charge in [0.25, 0.3) is 5.91 Å². The number of hydrogen-bond acceptors (Lipinski definition) is 5. The van der Waals surface area contributed by atoms with Crippen molar-refractivity contribution < 1.29 is 23.8 Å². The standard InChI is InChI=1S/C21H23NO5/c1-15-4-8-17(9-5-15)22-20(23)14-27-21(24)16-6-10-18(11-7-16)26-13-19-3-2-12-25-19/h4-11,19H,2-3,12-14H2,1H3,(H,22,23).